The smallest absolute Gasteiger partial charge is 0.217 e. The highest BCUT2D eigenvalue weighted by molar-refractivity contribution is 6.17. The van der Waals surface area contributed by atoms with Crippen LogP contribution in [0.1, 0.15) is 76.2 Å². The lowest BCUT2D eigenvalue weighted by atomic mass is 9.62. The molecule has 3 fully saturated rings. The fourth-order valence-corrected chi connectivity index (χ4v) is 6.43. The van der Waals surface area contributed by atoms with Gasteiger partial charge in [0.15, 0.2) is 11.6 Å². The van der Waals surface area contributed by atoms with E-state index in [1.54, 1.807) is 18.4 Å². The number of Topliss-reactive ketones (excluding diaryl/α,β-unsaturated/α-hetero) is 2. The van der Waals surface area contributed by atoms with Crippen LogP contribution in [0.25, 0.3) is 11.4 Å². The minimum absolute atomic E-state index is 0.0387. The summed E-state index contributed by atoms with van der Waals surface area (Å²) in [5.41, 5.74) is 14.4. The summed E-state index contributed by atoms with van der Waals surface area (Å²) in [6.45, 7) is 3.06. The summed E-state index contributed by atoms with van der Waals surface area (Å²) < 4.78 is 6.34. The Morgan fingerprint density at radius 1 is 1.10 bits per heavy atom. The Kier molecular flexibility index (Phi) is 8.63. The first kappa shape index (κ1) is 28.7. The van der Waals surface area contributed by atoms with Crippen LogP contribution >= 0.6 is 0 Å². The van der Waals surface area contributed by atoms with Gasteiger partial charge < -0.3 is 16.2 Å². The standard InChI is InChI=1S/C32H40N6O3/c1-21(26-13-9-19-38(26)2)41-28-20-25(24(33)15-18-35-22-10-4-3-5-11-22)36-31(37-28)29(34)23-12-8-17-32(30(23)40)16-7-6-14-27(32)39/h3-5,10-11,15,18,20-21,26H,6-9,12-14,16-17,19,33-34H2,1-2H3/t21-,26-,32+/m0/s1. The van der Waals surface area contributed by atoms with Crippen LogP contribution in [-0.2, 0) is 9.59 Å². The van der Waals surface area contributed by atoms with E-state index in [9.17, 15) is 9.59 Å². The molecule has 2 aromatic rings. The quantitative estimate of drug-likeness (QED) is 0.287. The number of carbonyl (C=O) groups excluding carboxylic acids is 2. The third-order valence-corrected chi connectivity index (χ3v) is 8.75. The van der Waals surface area contributed by atoms with Gasteiger partial charge in [-0.05, 0) is 83.7 Å². The molecule has 41 heavy (non-hydrogen) atoms. The van der Waals surface area contributed by atoms with Crippen LogP contribution in [0.5, 0.6) is 5.88 Å². The Hall–Kier alpha value is -3.85. The van der Waals surface area contributed by atoms with E-state index in [-0.39, 0.29) is 35.2 Å². The van der Waals surface area contributed by atoms with Gasteiger partial charge in [0.1, 0.15) is 11.9 Å². The van der Waals surface area contributed by atoms with E-state index < -0.39 is 5.41 Å². The highest BCUT2D eigenvalue weighted by Gasteiger charge is 2.49. The average Bonchev–Trinajstić information content (AvgIpc) is 3.42. The molecule has 3 atom stereocenters. The molecule has 2 aliphatic carbocycles. The first-order valence-corrected chi connectivity index (χ1v) is 14.7. The third kappa shape index (κ3) is 6.10. The molecule has 3 aliphatic rings. The number of ketones is 2. The van der Waals surface area contributed by atoms with Gasteiger partial charge in [-0.15, -0.1) is 0 Å². The predicted octanol–water partition coefficient (Wildman–Crippen LogP) is 4.59. The monoisotopic (exact) mass is 556 g/mol. The molecule has 9 heteroatoms. The zero-order chi connectivity index (χ0) is 29.0. The summed E-state index contributed by atoms with van der Waals surface area (Å²) in [7, 11) is 2.10. The molecule has 0 bridgehead atoms. The lowest BCUT2D eigenvalue weighted by Crippen LogP contribution is -2.45. The first-order chi connectivity index (χ1) is 19.8. The van der Waals surface area contributed by atoms with Crippen LogP contribution in [-0.4, -0.2) is 58.4 Å². The molecule has 216 valence electrons. The van der Waals surface area contributed by atoms with E-state index in [2.05, 4.69) is 26.9 Å². The topological polar surface area (TPSA) is 137 Å². The number of hydrogen-bond donors (Lipinski definition) is 2. The zero-order valence-electron chi connectivity index (χ0n) is 24.0. The van der Waals surface area contributed by atoms with Gasteiger partial charge in [0.25, 0.3) is 0 Å². The second kappa shape index (κ2) is 12.3. The second-order valence-corrected chi connectivity index (χ2v) is 11.5. The molecule has 1 spiro atoms. The number of allylic oxidation sites excluding steroid dienone is 2. The Bertz CT molecular complexity index is 1380. The highest BCUT2D eigenvalue weighted by atomic mass is 16.5. The lowest BCUT2D eigenvalue weighted by Gasteiger charge is -2.38. The molecule has 1 aromatic carbocycles. The molecular weight excluding hydrogens is 516 g/mol. The van der Waals surface area contributed by atoms with Crippen LogP contribution < -0.4 is 16.2 Å². The van der Waals surface area contributed by atoms with Gasteiger partial charge in [-0.25, -0.2) is 4.98 Å². The number of ether oxygens (including phenoxy) is 1. The maximum Gasteiger partial charge on any atom is 0.217 e. The van der Waals surface area contributed by atoms with E-state index >= 15 is 0 Å². The van der Waals surface area contributed by atoms with Crippen LogP contribution in [0.15, 0.2) is 53.0 Å². The molecule has 9 nitrogen and oxygen atoms in total. The number of nitrogens with two attached hydrogens (primary N) is 2. The number of benzene rings is 1. The van der Waals surface area contributed by atoms with Gasteiger partial charge in [0.2, 0.25) is 5.88 Å². The first-order valence-electron chi connectivity index (χ1n) is 14.7. The van der Waals surface area contributed by atoms with Crippen molar-refractivity contribution >= 4 is 34.9 Å². The van der Waals surface area contributed by atoms with Gasteiger partial charge >= 0.3 is 0 Å². The molecule has 1 saturated heterocycles. The number of aliphatic imine (C=N–C) groups is 1. The molecular formula is C32H40N6O3. The molecule has 1 aromatic heterocycles. The zero-order valence-corrected chi connectivity index (χ0v) is 24.0. The van der Waals surface area contributed by atoms with E-state index in [1.807, 2.05) is 37.3 Å². The van der Waals surface area contributed by atoms with Crippen molar-refractivity contribution in [3.8, 4) is 5.88 Å². The van der Waals surface area contributed by atoms with Gasteiger partial charge in [-0.1, -0.05) is 24.6 Å². The van der Waals surface area contributed by atoms with Crippen molar-refractivity contribution in [1.29, 1.82) is 0 Å². The number of rotatable bonds is 7. The van der Waals surface area contributed by atoms with Crippen LogP contribution in [0.3, 0.4) is 0 Å². The maximum atomic E-state index is 13.8. The Morgan fingerprint density at radius 3 is 2.61 bits per heavy atom. The van der Waals surface area contributed by atoms with Crippen LogP contribution in [0, 0.1) is 5.41 Å². The summed E-state index contributed by atoms with van der Waals surface area (Å²) in [6.07, 6.45) is 9.84. The minimum atomic E-state index is -0.957. The number of para-hydroxylation sites is 1. The SMILES string of the molecule is C[C@H](Oc1cc(C(N)=CC=Nc2ccccc2)nc(C(N)=C2CCC[C@@]3(CCCCC3=O)C2=O)n1)[C@@H]1CCCN1C. The Balaban J connectivity index is 1.50. The van der Waals surface area contributed by atoms with E-state index in [0.717, 1.165) is 44.3 Å². The van der Waals surface area contributed by atoms with Crippen LogP contribution in [0.4, 0.5) is 5.69 Å². The van der Waals surface area contributed by atoms with E-state index in [1.165, 1.54) is 0 Å². The van der Waals surface area contributed by atoms with E-state index in [4.69, 9.17) is 16.2 Å². The normalized spacial score (nSPS) is 26.1. The molecule has 0 unspecified atom stereocenters. The molecule has 0 radical (unpaired) electrons. The number of hydrogen-bond acceptors (Lipinski definition) is 9. The molecule has 2 heterocycles. The lowest BCUT2D eigenvalue weighted by molar-refractivity contribution is -0.143. The molecule has 2 saturated carbocycles. The molecule has 0 amide bonds. The number of carbonyl (C=O) groups is 2. The fourth-order valence-electron chi connectivity index (χ4n) is 6.43. The summed E-state index contributed by atoms with van der Waals surface area (Å²) in [5.74, 6) is 0.396. The summed E-state index contributed by atoms with van der Waals surface area (Å²) >= 11 is 0. The third-order valence-electron chi connectivity index (χ3n) is 8.75. The van der Waals surface area contributed by atoms with Crippen LogP contribution in [0.2, 0.25) is 0 Å². The van der Waals surface area contributed by atoms with Gasteiger partial charge in [0, 0.05) is 30.3 Å². The summed E-state index contributed by atoms with van der Waals surface area (Å²) in [4.78, 5) is 42.8. The number of aromatic nitrogens is 2. The van der Waals surface area contributed by atoms with Gasteiger partial charge in [0.05, 0.1) is 28.2 Å². The number of likely N-dealkylation sites (N-methyl/N-ethyl adjacent to an activating group) is 1. The van der Waals surface area contributed by atoms with Crippen molar-refractivity contribution in [3.63, 3.8) is 0 Å². The van der Waals surface area contributed by atoms with Gasteiger partial charge in [-0.2, -0.15) is 4.98 Å². The average molecular weight is 557 g/mol. The summed E-state index contributed by atoms with van der Waals surface area (Å²) in [6, 6.07) is 11.5. The fraction of sp³-hybridized carbons (Fsp3) is 0.469. The van der Waals surface area contributed by atoms with Crippen molar-refractivity contribution in [2.75, 3.05) is 13.6 Å². The Labute approximate surface area is 241 Å². The Morgan fingerprint density at radius 2 is 1.88 bits per heavy atom. The predicted molar refractivity (Wildman–Crippen MR) is 160 cm³/mol. The van der Waals surface area contributed by atoms with Gasteiger partial charge in [-0.3, -0.25) is 19.5 Å². The highest BCUT2D eigenvalue weighted by Crippen LogP contribution is 2.45. The van der Waals surface area contributed by atoms with Crippen molar-refractivity contribution in [3.05, 3.63) is 59.6 Å². The van der Waals surface area contributed by atoms with Crippen molar-refractivity contribution in [1.82, 2.24) is 14.9 Å². The largest absolute Gasteiger partial charge is 0.473 e. The second-order valence-electron chi connectivity index (χ2n) is 11.5. The molecule has 4 N–H and O–H groups in total. The summed E-state index contributed by atoms with van der Waals surface area (Å²) in [5, 5.41) is 0. The maximum absolute atomic E-state index is 13.8. The van der Waals surface area contributed by atoms with Crippen molar-refractivity contribution in [2.45, 2.75) is 76.9 Å². The molecule has 1 aliphatic heterocycles. The number of likely N-dealkylation sites (tertiary alicyclic amines) is 1. The minimum Gasteiger partial charge on any atom is -0.473 e. The van der Waals surface area contributed by atoms with E-state index in [0.29, 0.717) is 48.5 Å². The molecule has 5 rings (SSSR count). The number of nitrogens with zero attached hydrogens (tertiary/aromatic N) is 4. The van der Waals surface area contributed by atoms with Crippen molar-refractivity contribution in [2.24, 2.45) is 21.9 Å². The van der Waals surface area contributed by atoms with Crippen molar-refractivity contribution < 1.29 is 14.3 Å².